The average molecular weight is 358 g/mol. The van der Waals surface area contributed by atoms with Crippen molar-refractivity contribution in [3.05, 3.63) is 71.4 Å². The Hall–Kier alpha value is -2.52. The van der Waals surface area contributed by atoms with Crippen LogP contribution in [0.2, 0.25) is 0 Å². The molecule has 27 heavy (non-hydrogen) atoms. The first kappa shape index (κ1) is 16.6. The topological polar surface area (TPSA) is 48.0 Å². The van der Waals surface area contributed by atoms with Crippen LogP contribution in [0.1, 0.15) is 36.1 Å². The number of phenolic OH excluding ortho intramolecular Hbond substituents is 1. The molecular weight excluding hydrogens is 332 g/mol. The van der Waals surface area contributed by atoms with Gasteiger partial charge in [0.05, 0.1) is 0 Å². The van der Waals surface area contributed by atoms with Gasteiger partial charge in [-0.15, -0.1) is 0 Å². The Morgan fingerprint density at radius 3 is 2.74 bits per heavy atom. The van der Waals surface area contributed by atoms with Crippen LogP contribution in [0.4, 0.5) is 0 Å². The number of nitrogens with one attached hydrogen (secondary N) is 2. The number of aryl methyl sites for hydroxylation is 1. The number of aromatic hydroxyl groups is 1. The van der Waals surface area contributed by atoms with Crippen molar-refractivity contribution in [2.75, 3.05) is 6.54 Å². The smallest absolute Gasteiger partial charge is 0.115 e. The van der Waals surface area contributed by atoms with Gasteiger partial charge in [0.2, 0.25) is 0 Å². The normalized spacial score (nSPS) is 22.4. The molecule has 0 saturated heterocycles. The van der Waals surface area contributed by atoms with E-state index in [0.717, 1.165) is 18.9 Å². The van der Waals surface area contributed by atoms with Gasteiger partial charge >= 0.3 is 0 Å². The molecule has 1 aliphatic carbocycles. The molecule has 0 amide bonds. The molecule has 2 heterocycles. The summed E-state index contributed by atoms with van der Waals surface area (Å²) in [7, 11) is 0. The maximum atomic E-state index is 9.53. The lowest BCUT2D eigenvalue weighted by molar-refractivity contribution is 0.356. The molecule has 1 aromatic heterocycles. The predicted octanol–water partition coefficient (Wildman–Crippen LogP) is 4.81. The molecule has 3 aromatic rings. The molecule has 138 valence electrons. The van der Waals surface area contributed by atoms with Crippen LogP contribution in [0.25, 0.3) is 16.5 Å². The Morgan fingerprint density at radius 2 is 1.85 bits per heavy atom. The quantitative estimate of drug-likeness (QED) is 0.629. The summed E-state index contributed by atoms with van der Waals surface area (Å²) in [4.78, 5) is 3.63. The number of hydrogen-bond acceptors (Lipinski definition) is 2. The molecular formula is C24H26N2O. The fraction of sp³-hybridized carbons (Fsp3) is 0.333. The van der Waals surface area contributed by atoms with Gasteiger partial charge in [0, 0.05) is 29.2 Å². The van der Waals surface area contributed by atoms with Gasteiger partial charge in [0.1, 0.15) is 5.75 Å². The highest BCUT2D eigenvalue weighted by Crippen LogP contribution is 2.35. The van der Waals surface area contributed by atoms with Crippen molar-refractivity contribution in [2.45, 2.75) is 38.1 Å². The number of rotatable bonds is 3. The molecule has 2 atom stereocenters. The summed E-state index contributed by atoms with van der Waals surface area (Å²) in [5.41, 5.74) is 6.93. The summed E-state index contributed by atoms with van der Waals surface area (Å²) in [6.07, 6.45) is 8.23. The number of hydrogen-bond donors (Lipinski definition) is 3. The molecule has 2 unspecified atom stereocenters. The molecule has 1 aliphatic heterocycles. The minimum absolute atomic E-state index is 0.335. The number of H-pyrrole nitrogens is 1. The monoisotopic (exact) mass is 358 g/mol. The Bertz CT molecular complexity index is 983. The van der Waals surface area contributed by atoms with E-state index in [2.05, 4.69) is 40.6 Å². The third-order valence-electron chi connectivity index (χ3n) is 6.27. The van der Waals surface area contributed by atoms with Crippen LogP contribution >= 0.6 is 0 Å². The minimum atomic E-state index is 0.335. The summed E-state index contributed by atoms with van der Waals surface area (Å²) in [5.74, 6) is 1.08. The van der Waals surface area contributed by atoms with Gasteiger partial charge in [-0.3, -0.25) is 0 Å². The fourth-order valence-electron chi connectivity index (χ4n) is 4.89. The van der Waals surface area contributed by atoms with Gasteiger partial charge in [-0.2, -0.15) is 0 Å². The molecule has 5 rings (SSSR count). The van der Waals surface area contributed by atoms with Crippen LogP contribution in [0.5, 0.6) is 5.75 Å². The lowest BCUT2D eigenvalue weighted by Crippen LogP contribution is -2.35. The highest BCUT2D eigenvalue weighted by atomic mass is 16.3. The van der Waals surface area contributed by atoms with E-state index in [4.69, 9.17) is 0 Å². The van der Waals surface area contributed by atoms with Gasteiger partial charge in [-0.25, -0.2) is 0 Å². The molecule has 2 aromatic carbocycles. The lowest BCUT2D eigenvalue weighted by Gasteiger charge is -2.30. The Morgan fingerprint density at radius 1 is 1.00 bits per heavy atom. The summed E-state index contributed by atoms with van der Waals surface area (Å²) in [5, 5.41) is 14.6. The molecule has 0 fully saturated rings. The predicted molar refractivity (Wildman–Crippen MR) is 111 cm³/mol. The summed E-state index contributed by atoms with van der Waals surface area (Å²) in [6, 6.07) is 16.9. The van der Waals surface area contributed by atoms with Crippen LogP contribution in [-0.2, 0) is 12.8 Å². The molecule has 0 radical (unpaired) electrons. The van der Waals surface area contributed by atoms with E-state index in [1.807, 2.05) is 12.1 Å². The van der Waals surface area contributed by atoms with Gasteiger partial charge < -0.3 is 15.4 Å². The van der Waals surface area contributed by atoms with Crippen LogP contribution in [0.3, 0.4) is 0 Å². The van der Waals surface area contributed by atoms with E-state index in [1.54, 1.807) is 17.7 Å². The summed E-state index contributed by atoms with van der Waals surface area (Å²) >= 11 is 0. The van der Waals surface area contributed by atoms with Crippen molar-refractivity contribution < 1.29 is 5.11 Å². The zero-order valence-electron chi connectivity index (χ0n) is 15.5. The Balaban J connectivity index is 1.29. The molecule has 0 saturated carbocycles. The van der Waals surface area contributed by atoms with Crippen LogP contribution in [0, 0.1) is 5.92 Å². The number of phenols is 1. The maximum absolute atomic E-state index is 9.53. The van der Waals surface area contributed by atoms with Crippen molar-refractivity contribution in [2.24, 2.45) is 5.92 Å². The number of benzene rings is 2. The van der Waals surface area contributed by atoms with Crippen molar-refractivity contribution in [3.63, 3.8) is 0 Å². The van der Waals surface area contributed by atoms with E-state index in [9.17, 15) is 5.11 Å². The summed E-state index contributed by atoms with van der Waals surface area (Å²) in [6.45, 7) is 0.936. The van der Waals surface area contributed by atoms with Gasteiger partial charge in [-0.05, 0) is 72.9 Å². The third kappa shape index (κ3) is 3.28. The first-order chi connectivity index (χ1) is 13.3. The zero-order valence-corrected chi connectivity index (χ0v) is 15.5. The SMILES string of the molecule is Oc1ccc(C2=CCNC(CC3CCc4[nH]c5ccccc5c4C3)C2)cc1. The highest BCUT2D eigenvalue weighted by Gasteiger charge is 2.26. The Labute approximate surface area is 160 Å². The lowest BCUT2D eigenvalue weighted by atomic mass is 9.80. The van der Waals surface area contributed by atoms with Crippen molar-refractivity contribution >= 4 is 16.5 Å². The van der Waals surface area contributed by atoms with Crippen molar-refractivity contribution in [3.8, 4) is 5.75 Å². The number of para-hydroxylation sites is 1. The molecule has 3 N–H and O–H groups in total. The summed E-state index contributed by atoms with van der Waals surface area (Å²) < 4.78 is 0. The first-order valence-corrected chi connectivity index (χ1v) is 10.1. The molecule has 0 bridgehead atoms. The maximum Gasteiger partial charge on any atom is 0.115 e. The third-order valence-corrected chi connectivity index (χ3v) is 6.27. The number of aromatic nitrogens is 1. The fourth-order valence-corrected chi connectivity index (χ4v) is 4.89. The van der Waals surface area contributed by atoms with Gasteiger partial charge in [-0.1, -0.05) is 36.4 Å². The number of aromatic amines is 1. The van der Waals surface area contributed by atoms with Crippen LogP contribution < -0.4 is 5.32 Å². The van der Waals surface area contributed by atoms with Crippen LogP contribution in [0.15, 0.2) is 54.6 Å². The second-order valence-electron chi connectivity index (χ2n) is 8.06. The zero-order chi connectivity index (χ0) is 18.2. The molecule has 0 spiro atoms. The van der Waals surface area contributed by atoms with E-state index in [1.165, 1.54) is 53.4 Å². The second kappa shape index (κ2) is 6.90. The van der Waals surface area contributed by atoms with Crippen molar-refractivity contribution in [1.82, 2.24) is 10.3 Å². The second-order valence-corrected chi connectivity index (χ2v) is 8.06. The van der Waals surface area contributed by atoms with Crippen LogP contribution in [-0.4, -0.2) is 22.7 Å². The first-order valence-electron chi connectivity index (χ1n) is 10.1. The van der Waals surface area contributed by atoms with E-state index >= 15 is 0 Å². The van der Waals surface area contributed by atoms with Crippen molar-refractivity contribution in [1.29, 1.82) is 0 Å². The van der Waals surface area contributed by atoms with E-state index in [-0.39, 0.29) is 0 Å². The van der Waals surface area contributed by atoms with Gasteiger partial charge in [0.15, 0.2) is 0 Å². The minimum Gasteiger partial charge on any atom is -0.508 e. The standard InChI is InChI=1S/C24H26N2O/c27-20-8-6-17(7-9-20)18-11-12-25-19(15-18)13-16-5-10-24-22(14-16)21-3-1-2-4-23(21)26-24/h1-4,6-9,11,16,19,25-27H,5,10,12-15H2. The molecule has 3 nitrogen and oxygen atoms in total. The van der Waals surface area contributed by atoms with E-state index < -0.39 is 0 Å². The molecule has 3 heteroatoms. The average Bonchev–Trinajstić information content (AvgIpc) is 3.07. The van der Waals surface area contributed by atoms with Gasteiger partial charge in [0.25, 0.3) is 0 Å². The van der Waals surface area contributed by atoms with E-state index in [0.29, 0.717) is 11.8 Å². The Kier molecular flexibility index (Phi) is 4.25. The highest BCUT2D eigenvalue weighted by molar-refractivity contribution is 5.84. The largest absolute Gasteiger partial charge is 0.508 e. The number of fused-ring (bicyclic) bond motifs is 3. The molecule has 2 aliphatic rings.